The molecule has 0 spiro atoms. The molecule has 0 saturated carbocycles. The van der Waals surface area contributed by atoms with Crippen molar-refractivity contribution in [1.29, 1.82) is 0 Å². The zero-order chi connectivity index (χ0) is 41.9. The van der Waals surface area contributed by atoms with Crippen molar-refractivity contribution < 1.29 is 39.5 Å². The summed E-state index contributed by atoms with van der Waals surface area (Å²) in [6.45, 7) is 22.8. The van der Waals surface area contributed by atoms with Gasteiger partial charge in [-0.3, -0.25) is 34.4 Å². The van der Waals surface area contributed by atoms with Crippen LogP contribution in [0.3, 0.4) is 0 Å². The molecule has 302 valence electrons. The van der Waals surface area contributed by atoms with Gasteiger partial charge in [0.1, 0.15) is 5.76 Å². The first-order valence-corrected chi connectivity index (χ1v) is 19.2. The molecule has 14 nitrogen and oxygen atoms in total. The Morgan fingerprint density at radius 2 is 1.39 bits per heavy atom. The van der Waals surface area contributed by atoms with Crippen molar-refractivity contribution in [2.75, 3.05) is 23.3 Å². The molecule has 2 atom stereocenters. The Kier molecular flexibility index (Phi) is 11.4. The fraction of sp³-hybridized carbons (Fsp3) is 0.524. The predicted molar refractivity (Wildman–Crippen MR) is 213 cm³/mol. The summed E-state index contributed by atoms with van der Waals surface area (Å²) in [5, 5.41) is 35.5. The number of anilines is 2. The van der Waals surface area contributed by atoms with Gasteiger partial charge < -0.3 is 20.2 Å². The van der Waals surface area contributed by atoms with Gasteiger partial charge in [-0.1, -0.05) is 27.7 Å². The van der Waals surface area contributed by atoms with Crippen LogP contribution >= 0.6 is 0 Å². The molecule has 2 heterocycles. The highest BCUT2D eigenvalue weighted by Crippen LogP contribution is 2.53. The number of aliphatic hydroxyl groups excluding tert-OH is 1. The number of hydrogen-bond donors (Lipinski definition) is 4. The van der Waals surface area contributed by atoms with Crippen molar-refractivity contribution in [2.45, 2.75) is 126 Å². The molecule has 0 bridgehead atoms. The normalized spacial score (nSPS) is 22.9. The summed E-state index contributed by atoms with van der Waals surface area (Å²) in [6, 6.07) is 3.93. The topological polar surface area (TPSA) is 183 Å². The first-order valence-electron chi connectivity index (χ1n) is 19.2. The lowest BCUT2D eigenvalue weighted by Gasteiger charge is -2.34. The smallest absolute Gasteiger partial charge is 0.248 e. The number of likely N-dealkylation sites (tertiary alicyclic amines) is 1. The molecular weight excluding hydrogens is 716 g/mol. The van der Waals surface area contributed by atoms with E-state index in [9.17, 15) is 39.5 Å². The van der Waals surface area contributed by atoms with E-state index < -0.39 is 29.4 Å². The summed E-state index contributed by atoms with van der Waals surface area (Å²) >= 11 is 0. The fourth-order valence-electron chi connectivity index (χ4n) is 8.27. The second-order valence-electron chi connectivity index (χ2n) is 16.9. The first kappa shape index (κ1) is 42.1. The van der Waals surface area contributed by atoms with E-state index in [1.807, 2.05) is 18.2 Å². The summed E-state index contributed by atoms with van der Waals surface area (Å²) in [5.41, 5.74) is 3.77. The Balaban J connectivity index is 1.69. The molecule has 0 radical (unpaired) electrons. The molecule has 14 heteroatoms. The van der Waals surface area contributed by atoms with Gasteiger partial charge >= 0.3 is 0 Å². The number of nitrogens with zero attached hydrogens (tertiary/aromatic N) is 5. The molecule has 2 aliphatic heterocycles. The lowest BCUT2D eigenvalue weighted by Crippen LogP contribution is -2.42. The van der Waals surface area contributed by atoms with Crippen LogP contribution in [0.5, 0.6) is 0 Å². The van der Waals surface area contributed by atoms with E-state index in [1.165, 1.54) is 13.8 Å². The molecule has 2 unspecified atom stereocenters. The third-order valence-corrected chi connectivity index (χ3v) is 12.0. The van der Waals surface area contributed by atoms with Crippen LogP contribution in [0.1, 0.15) is 107 Å². The standard InChI is InChI=1S/C42H56N6O8/c1-21(2)47-23(5)41(9,10)29-17-27(31(19-33(29)47)43-35(51)13-15-45(55)25(7)49)37-39(53)38(40(37)54)28-18-30-34(48(22(3)4)24(6)42(30,11)12)20-32(28)44-36(52)14-16-46(56)26(8)50/h17-24,53,55-56H,13-16H2,1-12H3,(H,43,51)/b38-28+,44-32?. The van der Waals surface area contributed by atoms with Gasteiger partial charge in [0.25, 0.3) is 0 Å². The molecule has 56 heavy (non-hydrogen) atoms. The minimum atomic E-state index is -0.634. The number of hydrogen-bond acceptors (Lipinski definition) is 10. The van der Waals surface area contributed by atoms with Crippen LogP contribution in [-0.4, -0.2) is 103 Å². The predicted octanol–water partition coefficient (Wildman–Crippen LogP) is 5.85. The molecule has 1 aromatic rings. The van der Waals surface area contributed by atoms with Gasteiger partial charge in [-0.15, -0.1) is 0 Å². The second-order valence-corrected chi connectivity index (χ2v) is 16.9. The number of allylic oxidation sites excluding steroid dienone is 6. The number of hydroxylamine groups is 4. The van der Waals surface area contributed by atoms with E-state index >= 15 is 0 Å². The highest BCUT2D eigenvalue weighted by atomic mass is 16.5. The van der Waals surface area contributed by atoms with Crippen LogP contribution in [0.25, 0.3) is 5.57 Å². The Labute approximate surface area is 328 Å². The average Bonchev–Trinajstić information content (AvgIpc) is 3.42. The summed E-state index contributed by atoms with van der Waals surface area (Å²) in [7, 11) is 0. The Morgan fingerprint density at radius 3 is 1.93 bits per heavy atom. The zero-order valence-corrected chi connectivity index (χ0v) is 34.6. The quantitative estimate of drug-likeness (QED) is 0.128. The van der Waals surface area contributed by atoms with Crippen molar-refractivity contribution in [2.24, 2.45) is 10.4 Å². The van der Waals surface area contributed by atoms with E-state index in [-0.39, 0.29) is 94.8 Å². The molecule has 4 N–H and O–H groups in total. The van der Waals surface area contributed by atoms with E-state index in [1.54, 1.807) is 6.08 Å². The molecule has 1 aromatic carbocycles. The van der Waals surface area contributed by atoms with Gasteiger partial charge in [-0.25, -0.2) is 15.1 Å². The summed E-state index contributed by atoms with van der Waals surface area (Å²) < 4.78 is 0. The highest BCUT2D eigenvalue weighted by Gasteiger charge is 2.49. The molecule has 4 aliphatic rings. The highest BCUT2D eigenvalue weighted by molar-refractivity contribution is 6.42. The number of aliphatic hydroxyl groups is 1. The summed E-state index contributed by atoms with van der Waals surface area (Å²) in [4.78, 5) is 73.1. The maximum atomic E-state index is 14.6. The molecule has 1 fully saturated rings. The minimum absolute atomic E-state index is 0.0105. The SMILES string of the molecule is CC(=O)N(O)CCC(=O)N=C1C=C2C(=C/C1=C1\C(=O)C(c3cc4c(cc3NC(=O)CCN(O)C(C)=O)N(C(C)C)C(C)C4(C)C)=C1O)C(C)(C)C(C)N2C(C)C. The van der Waals surface area contributed by atoms with Crippen molar-refractivity contribution in [3.8, 4) is 0 Å². The largest absolute Gasteiger partial charge is 0.506 e. The lowest BCUT2D eigenvalue weighted by atomic mass is 9.73. The molecular formula is C42H56N6O8. The zero-order valence-electron chi connectivity index (χ0n) is 34.6. The van der Waals surface area contributed by atoms with E-state index in [4.69, 9.17) is 0 Å². The molecule has 1 saturated heterocycles. The van der Waals surface area contributed by atoms with Crippen LogP contribution in [0, 0.1) is 5.41 Å². The number of nitrogens with one attached hydrogen (secondary N) is 1. The van der Waals surface area contributed by atoms with Crippen LogP contribution in [0.4, 0.5) is 11.4 Å². The van der Waals surface area contributed by atoms with Crippen molar-refractivity contribution in [3.05, 3.63) is 63.6 Å². The number of aliphatic imine (C=N–C) groups is 1. The number of Topliss-reactive ketones (excluding diaryl/α,β-unsaturated/α-hetero) is 1. The second kappa shape index (κ2) is 15.1. The lowest BCUT2D eigenvalue weighted by molar-refractivity contribution is -0.163. The maximum absolute atomic E-state index is 14.6. The number of benzene rings is 1. The van der Waals surface area contributed by atoms with Crippen molar-refractivity contribution in [1.82, 2.24) is 15.0 Å². The van der Waals surface area contributed by atoms with Gasteiger partial charge in [0, 0.05) is 84.2 Å². The maximum Gasteiger partial charge on any atom is 0.248 e. The van der Waals surface area contributed by atoms with Crippen LogP contribution in [0.15, 0.2) is 57.5 Å². The number of carbonyl (C=O) groups excluding carboxylic acids is 5. The van der Waals surface area contributed by atoms with Crippen LogP contribution < -0.4 is 10.2 Å². The monoisotopic (exact) mass is 772 g/mol. The molecule has 0 aromatic heterocycles. The van der Waals surface area contributed by atoms with E-state index in [2.05, 4.69) is 89.3 Å². The van der Waals surface area contributed by atoms with Gasteiger partial charge in [0.15, 0.2) is 0 Å². The van der Waals surface area contributed by atoms with Gasteiger partial charge in [-0.2, -0.15) is 0 Å². The molecule has 4 amide bonds. The Hall–Kier alpha value is -5.08. The van der Waals surface area contributed by atoms with Crippen molar-refractivity contribution in [3.63, 3.8) is 0 Å². The fourth-order valence-corrected chi connectivity index (χ4v) is 8.27. The number of carbonyl (C=O) groups is 5. The van der Waals surface area contributed by atoms with Crippen LogP contribution in [-0.2, 0) is 29.4 Å². The molecule has 2 aliphatic carbocycles. The third-order valence-electron chi connectivity index (χ3n) is 12.0. The average molecular weight is 773 g/mol. The summed E-state index contributed by atoms with van der Waals surface area (Å²) in [5.74, 6) is -3.21. The van der Waals surface area contributed by atoms with E-state index in [0.717, 1.165) is 22.5 Å². The number of amides is 4. The first-order chi connectivity index (χ1) is 25.9. The summed E-state index contributed by atoms with van der Waals surface area (Å²) in [6.07, 6.45) is 3.08. The number of rotatable bonds is 10. The van der Waals surface area contributed by atoms with Crippen molar-refractivity contribution >= 4 is 52.1 Å². The van der Waals surface area contributed by atoms with Gasteiger partial charge in [-0.05, 0) is 77.0 Å². The number of fused-ring (bicyclic) bond motifs is 2. The van der Waals surface area contributed by atoms with Crippen LogP contribution in [0.2, 0.25) is 0 Å². The third kappa shape index (κ3) is 7.20. The number of ketones is 1. The van der Waals surface area contributed by atoms with Gasteiger partial charge in [0.2, 0.25) is 29.4 Å². The van der Waals surface area contributed by atoms with Gasteiger partial charge in [0.05, 0.1) is 35.6 Å². The minimum Gasteiger partial charge on any atom is -0.506 e. The van der Waals surface area contributed by atoms with E-state index in [0.29, 0.717) is 15.7 Å². The molecule has 5 rings (SSSR count). The Bertz CT molecular complexity index is 2050. The Morgan fingerprint density at radius 1 is 0.839 bits per heavy atom.